The molecule has 1 aromatic carbocycles. The Balaban J connectivity index is 1.42. The number of nitrogens with one attached hydrogen (secondary N) is 1. The standard InChI is InChI=1S/C18H27N3O2/c1-15-2-4-17(5-3-15)20-10-12-21(13-11-20)18(22)23-14-16-6-8-19-9-7-16/h2-5,16,19H,6-14H2,1H3. The summed E-state index contributed by atoms with van der Waals surface area (Å²) in [6.07, 6.45) is 2.07. The van der Waals surface area contributed by atoms with Crippen LogP contribution in [0.15, 0.2) is 24.3 Å². The lowest BCUT2D eigenvalue weighted by Crippen LogP contribution is -2.49. The van der Waals surface area contributed by atoms with Crippen molar-refractivity contribution in [2.24, 2.45) is 5.92 Å². The van der Waals surface area contributed by atoms with Crippen molar-refractivity contribution in [3.8, 4) is 0 Å². The van der Waals surface area contributed by atoms with Crippen LogP contribution in [-0.4, -0.2) is 56.9 Å². The van der Waals surface area contributed by atoms with Gasteiger partial charge in [-0.2, -0.15) is 0 Å². The van der Waals surface area contributed by atoms with Crippen LogP contribution < -0.4 is 10.2 Å². The molecular formula is C18H27N3O2. The molecule has 1 N–H and O–H groups in total. The van der Waals surface area contributed by atoms with Gasteiger partial charge in [0.1, 0.15) is 0 Å². The molecule has 3 rings (SSSR count). The summed E-state index contributed by atoms with van der Waals surface area (Å²) in [5, 5.41) is 3.33. The van der Waals surface area contributed by atoms with Gasteiger partial charge in [0.15, 0.2) is 0 Å². The Morgan fingerprint density at radius 1 is 1.13 bits per heavy atom. The minimum absolute atomic E-state index is 0.146. The molecule has 0 saturated carbocycles. The number of hydrogen-bond acceptors (Lipinski definition) is 4. The number of piperidine rings is 1. The van der Waals surface area contributed by atoms with Crippen LogP contribution in [-0.2, 0) is 4.74 Å². The zero-order valence-electron chi connectivity index (χ0n) is 14.0. The molecule has 0 bridgehead atoms. The van der Waals surface area contributed by atoms with Crippen molar-refractivity contribution in [1.82, 2.24) is 10.2 Å². The van der Waals surface area contributed by atoms with E-state index in [1.165, 1.54) is 11.3 Å². The Morgan fingerprint density at radius 3 is 2.43 bits per heavy atom. The molecule has 1 aromatic rings. The Bertz CT molecular complexity index is 504. The fourth-order valence-electron chi connectivity index (χ4n) is 3.23. The van der Waals surface area contributed by atoms with Crippen molar-refractivity contribution < 1.29 is 9.53 Å². The van der Waals surface area contributed by atoms with E-state index in [0.29, 0.717) is 12.5 Å². The number of amides is 1. The number of rotatable bonds is 3. The maximum absolute atomic E-state index is 12.2. The lowest BCUT2D eigenvalue weighted by atomic mass is 9.99. The smallest absolute Gasteiger partial charge is 0.409 e. The number of anilines is 1. The summed E-state index contributed by atoms with van der Waals surface area (Å²) in [5.74, 6) is 0.522. The molecule has 2 heterocycles. The van der Waals surface area contributed by atoms with Crippen LogP contribution in [0.2, 0.25) is 0 Å². The van der Waals surface area contributed by atoms with E-state index in [4.69, 9.17) is 4.74 Å². The van der Waals surface area contributed by atoms with Crippen LogP contribution >= 0.6 is 0 Å². The molecule has 2 aliphatic rings. The highest BCUT2D eigenvalue weighted by molar-refractivity contribution is 5.68. The molecule has 0 unspecified atom stereocenters. The molecule has 0 aliphatic carbocycles. The quantitative estimate of drug-likeness (QED) is 0.929. The first-order valence-electron chi connectivity index (χ1n) is 8.66. The van der Waals surface area contributed by atoms with Gasteiger partial charge in [0, 0.05) is 31.9 Å². The summed E-state index contributed by atoms with van der Waals surface area (Å²) in [7, 11) is 0. The van der Waals surface area contributed by atoms with Gasteiger partial charge in [-0.05, 0) is 50.9 Å². The highest BCUT2D eigenvalue weighted by Crippen LogP contribution is 2.18. The summed E-state index contributed by atoms with van der Waals surface area (Å²) in [5.41, 5.74) is 2.51. The third-order valence-corrected chi connectivity index (χ3v) is 4.84. The van der Waals surface area contributed by atoms with Crippen molar-refractivity contribution in [3.63, 3.8) is 0 Å². The summed E-state index contributed by atoms with van der Waals surface area (Å²) in [6, 6.07) is 8.57. The molecule has 2 fully saturated rings. The maximum Gasteiger partial charge on any atom is 0.409 e. The molecule has 5 heteroatoms. The third kappa shape index (κ3) is 4.38. The SMILES string of the molecule is Cc1ccc(N2CCN(C(=O)OCC3CCNCC3)CC2)cc1. The van der Waals surface area contributed by atoms with Crippen molar-refractivity contribution >= 4 is 11.8 Å². The van der Waals surface area contributed by atoms with Gasteiger partial charge in [0.05, 0.1) is 6.61 Å². The number of piperazine rings is 1. The molecule has 0 radical (unpaired) electrons. The van der Waals surface area contributed by atoms with Crippen molar-refractivity contribution in [2.45, 2.75) is 19.8 Å². The fraction of sp³-hybridized carbons (Fsp3) is 0.611. The predicted octanol–water partition coefficient (Wildman–Crippen LogP) is 2.25. The lowest BCUT2D eigenvalue weighted by Gasteiger charge is -2.35. The Morgan fingerprint density at radius 2 is 1.78 bits per heavy atom. The summed E-state index contributed by atoms with van der Waals surface area (Å²) < 4.78 is 5.52. The second kappa shape index (κ2) is 7.68. The second-order valence-electron chi connectivity index (χ2n) is 6.58. The number of benzene rings is 1. The number of ether oxygens (including phenoxy) is 1. The zero-order valence-corrected chi connectivity index (χ0v) is 14.0. The largest absolute Gasteiger partial charge is 0.449 e. The van der Waals surface area contributed by atoms with Gasteiger partial charge < -0.3 is 19.9 Å². The van der Waals surface area contributed by atoms with E-state index >= 15 is 0 Å². The number of hydrogen-bond donors (Lipinski definition) is 1. The topological polar surface area (TPSA) is 44.8 Å². The number of aryl methyl sites for hydroxylation is 1. The highest BCUT2D eigenvalue weighted by atomic mass is 16.6. The van der Waals surface area contributed by atoms with E-state index in [2.05, 4.69) is 41.4 Å². The van der Waals surface area contributed by atoms with Crippen LogP contribution in [0.1, 0.15) is 18.4 Å². The van der Waals surface area contributed by atoms with Gasteiger partial charge in [0.2, 0.25) is 0 Å². The minimum Gasteiger partial charge on any atom is -0.449 e. The van der Waals surface area contributed by atoms with Crippen molar-refractivity contribution in [3.05, 3.63) is 29.8 Å². The first-order valence-corrected chi connectivity index (χ1v) is 8.66. The van der Waals surface area contributed by atoms with Gasteiger partial charge >= 0.3 is 6.09 Å². The van der Waals surface area contributed by atoms with Crippen LogP contribution in [0.3, 0.4) is 0 Å². The molecule has 126 valence electrons. The van der Waals surface area contributed by atoms with Gasteiger partial charge in [-0.3, -0.25) is 0 Å². The summed E-state index contributed by atoms with van der Waals surface area (Å²) in [6.45, 7) is 7.95. The molecule has 5 nitrogen and oxygen atoms in total. The van der Waals surface area contributed by atoms with E-state index in [0.717, 1.165) is 52.1 Å². The fourth-order valence-corrected chi connectivity index (χ4v) is 3.23. The highest BCUT2D eigenvalue weighted by Gasteiger charge is 2.23. The molecular weight excluding hydrogens is 290 g/mol. The molecule has 2 aliphatic heterocycles. The van der Waals surface area contributed by atoms with Crippen LogP contribution in [0, 0.1) is 12.8 Å². The van der Waals surface area contributed by atoms with Gasteiger partial charge in [-0.25, -0.2) is 4.79 Å². The number of carbonyl (C=O) groups excluding carboxylic acids is 1. The first-order chi connectivity index (χ1) is 11.2. The molecule has 1 amide bonds. The molecule has 0 aromatic heterocycles. The van der Waals surface area contributed by atoms with Crippen LogP contribution in [0.4, 0.5) is 10.5 Å². The Labute approximate surface area is 138 Å². The molecule has 0 spiro atoms. The molecule has 0 atom stereocenters. The third-order valence-electron chi connectivity index (χ3n) is 4.84. The van der Waals surface area contributed by atoms with E-state index in [9.17, 15) is 4.79 Å². The first kappa shape index (κ1) is 16.1. The lowest BCUT2D eigenvalue weighted by molar-refractivity contribution is 0.0800. The van der Waals surface area contributed by atoms with Crippen molar-refractivity contribution in [1.29, 1.82) is 0 Å². The van der Waals surface area contributed by atoms with Gasteiger partial charge in [0.25, 0.3) is 0 Å². The predicted molar refractivity (Wildman–Crippen MR) is 91.9 cm³/mol. The van der Waals surface area contributed by atoms with E-state index in [-0.39, 0.29) is 6.09 Å². The van der Waals surface area contributed by atoms with Crippen LogP contribution in [0.5, 0.6) is 0 Å². The maximum atomic E-state index is 12.2. The van der Waals surface area contributed by atoms with E-state index < -0.39 is 0 Å². The van der Waals surface area contributed by atoms with Crippen molar-refractivity contribution in [2.75, 3.05) is 50.8 Å². The summed E-state index contributed by atoms with van der Waals surface area (Å²) in [4.78, 5) is 16.4. The number of carbonyl (C=O) groups is 1. The zero-order chi connectivity index (χ0) is 16.1. The van der Waals surface area contributed by atoms with Gasteiger partial charge in [-0.1, -0.05) is 17.7 Å². The Kier molecular flexibility index (Phi) is 5.39. The van der Waals surface area contributed by atoms with E-state index in [1.54, 1.807) is 0 Å². The minimum atomic E-state index is -0.146. The van der Waals surface area contributed by atoms with Crippen LogP contribution in [0.25, 0.3) is 0 Å². The van der Waals surface area contributed by atoms with Gasteiger partial charge in [-0.15, -0.1) is 0 Å². The average Bonchev–Trinajstić information content (AvgIpc) is 2.61. The molecule has 23 heavy (non-hydrogen) atoms. The Hall–Kier alpha value is -1.75. The summed E-state index contributed by atoms with van der Waals surface area (Å²) >= 11 is 0. The second-order valence-corrected chi connectivity index (χ2v) is 6.58. The molecule has 2 saturated heterocycles. The average molecular weight is 317 g/mol. The van der Waals surface area contributed by atoms with E-state index in [1.807, 2.05) is 4.90 Å². The number of nitrogens with zero attached hydrogens (tertiary/aromatic N) is 2. The normalized spacial score (nSPS) is 19.7. The monoisotopic (exact) mass is 317 g/mol.